The summed E-state index contributed by atoms with van der Waals surface area (Å²) in [7, 11) is 0. The van der Waals surface area contributed by atoms with E-state index >= 15 is 0 Å². The lowest BCUT2D eigenvalue weighted by atomic mass is 9.78. The molecular weight excluding hydrogens is 314 g/mol. The van der Waals surface area contributed by atoms with Gasteiger partial charge in [0.1, 0.15) is 5.82 Å². The summed E-state index contributed by atoms with van der Waals surface area (Å²) in [4.78, 5) is 17.8. The zero-order valence-electron chi connectivity index (χ0n) is 14.5. The van der Waals surface area contributed by atoms with Gasteiger partial charge in [-0.05, 0) is 24.5 Å². The van der Waals surface area contributed by atoms with Crippen molar-refractivity contribution in [2.45, 2.75) is 19.4 Å². The summed E-state index contributed by atoms with van der Waals surface area (Å²) in [6.45, 7) is 6.75. The molecule has 2 aromatic rings. The minimum absolute atomic E-state index is 0.247. The first-order valence-corrected chi connectivity index (χ1v) is 9.03. The fourth-order valence-corrected chi connectivity index (χ4v) is 3.93. The molecule has 0 aromatic carbocycles. The third-order valence-electron chi connectivity index (χ3n) is 5.35. The van der Waals surface area contributed by atoms with Gasteiger partial charge in [-0.2, -0.15) is 0 Å². The monoisotopic (exact) mass is 339 g/mol. The van der Waals surface area contributed by atoms with Crippen LogP contribution in [0.1, 0.15) is 18.4 Å². The van der Waals surface area contributed by atoms with Crippen LogP contribution in [-0.4, -0.2) is 59.2 Å². The van der Waals surface area contributed by atoms with Crippen LogP contribution in [0.15, 0.2) is 43.1 Å². The quantitative estimate of drug-likeness (QED) is 0.852. The van der Waals surface area contributed by atoms with Gasteiger partial charge in [-0.1, -0.05) is 6.07 Å². The van der Waals surface area contributed by atoms with E-state index in [9.17, 15) is 0 Å². The largest absolute Gasteiger partial charge is 0.379 e. The maximum Gasteiger partial charge on any atom is 0.147 e. The van der Waals surface area contributed by atoms with Crippen molar-refractivity contribution in [3.8, 4) is 0 Å². The average molecular weight is 339 g/mol. The lowest BCUT2D eigenvalue weighted by molar-refractivity contribution is 0.0488. The first-order valence-electron chi connectivity index (χ1n) is 9.03. The van der Waals surface area contributed by atoms with Crippen LogP contribution in [0.5, 0.6) is 0 Å². The zero-order chi connectivity index (χ0) is 17.0. The summed E-state index contributed by atoms with van der Waals surface area (Å²) in [5.74, 6) is 0.985. The number of hydrogen-bond acceptors (Lipinski definition) is 6. The Morgan fingerprint density at radius 3 is 2.68 bits per heavy atom. The maximum absolute atomic E-state index is 5.99. The Hall–Kier alpha value is -2.05. The molecule has 0 saturated carbocycles. The standard InChI is InChI=1S/C19H25N5O/c1-2-17(12-20-5-1)14-23-10-11-25-16-19(15-23)3-8-24(9-4-19)18-13-21-6-7-22-18/h1-2,5-7,12-13H,3-4,8-11,14-16H2. The highest BCUT2D eigenvalue weighted by Gasteiger charge is 2.38. The number of anilines is 1. The van der Waals surface area contributed by atoms with Crippen LogP contribution in [0.3, 0.4) is 0 Å². The second kappa shape index (κ2) is 7.45. The molecule has 6 nitrogen and oxygen atoms in total. The van der Waals surface area contributed by atoms with E-state index in [2.05, 4.69) is 30.8 Å². The smallest absolute Gasteiger partial charge is 0.147 e. The van der Waals surface area contributed by atoms with E-state index in [1.54, 1.807) is 12.4 Å². The molecule has 0 N–H and O–H groups in total. The van der Waals surface area contributed by atoms with Crippen LogP contribution in [0.25, 0.3) is 0 Å². The number of aromatic nitrogens is 3. The SMILES string of the molecule is c1cncc(CN2CCOCC3(CCN(c4cnccn4)CC3)C2)c1. The Bertz CT molecular complexity index is 658. The summed E-state index contributed by atoms with van der Waals surface area (Å²) in [6, 6.07) is 4.17. The summed E-state index contributed by atoms with van der Waals surface area (Å²) >= 11 is 0. The van der Waals surface area contributed by atoms with E-state index in [4.69, 9.17) is 4.74 Å². The molecule has 0 bridgehead atoms. The second-order valence-corrected chi connectivity index (χ2v) is 7.18. The summed E-state index contributed by atoms with van der Waals surface area (Å²) in [5, 5.41) is 0. The number of pyridine rings is 1. The van der Waals surface area contributed by atoms with Crippen LogP contribution < -0.4 is 4.90 Å². The average Bonchev–Trinajstić information content (AvgIpc) is 2.86. The molecule has 0 unspecified atom stereocenters. The van der Waals surface area contributed by atoms with E-state index in [0.717, 1.165) is 64.6 Å². The van der Waals surface area contributed by atoms with Gasteiger partial charge in [0, 0.05) is 62.9 Å². The highest BCUT2D eigenvalue weighted by molar-refractivity contribution is 5.35. The molecule has 0 amide bonds. The number of hydrogen-bond donors (Lipinski definition) is 0. The molecule has 0 atom stereocenters. The van der Waals surface area contributed by atoms with Crippen LogP contribution in [0.2, 0.25) is 0 Å². The van der Waals surface area contributed by atoms with Crippen molar-refractivity contribution in [1.29, 1.82) is 0 Å². The molecule has 2 aliphatic heterocycles. The van der Waals surface area contributed by atoms with Gasteiger partial charge in [-0.15, -0.1) is 0 Å². The molecule has 25 heavy (non-hydrogen) atoms. The number of rotatable bonds is 3. The minimum atomic E-state index is 0.247. The van der Waals surface area contributed by atoms with E-state index in [1.807, 2.05) is 24.7 Å². The molecule has 0 radical (unpaired) electrons. The van der Waals surface area contributed by atoms with Gasteiger partial charge >= 0.3 is 0 Å². The lowest BCUT2D eigenvalue weighted by Gasteiger charge is -2.43. The van der Waals surface area contributed by atoms with E-state index in [0.29, 0.717) is 0 Å². The fourth-order valence-electron chi connectivity index (χ4n) is 3.93. The molecule has 4 rings (SSSR count). The third kappa shape index (κ3) is 3.96. The van der Waals surface area contributed by atoms with Crippen molar-refractivity contribution in [1.82, 2.24) is 19.9 Å². The molecule has 6 heteroatoms. The van der Waals surface area contributed by atoms with Gasteiger partial charge in [0.25, 0.3) is 0 Å². The molecule has 1 spiro atoms. The zero-order valence-corrected chi connectivity index (χ0v) is 14.5. The highest BCUT2D eigenvalue weighted by atomic mass is 16.5. The molecule has 4 heterocycles. The van der Waals surface area contributed by atoms with Gasteiger partial charge in [-0.3, -0.25) is 14.9 Å². The molecule has 132 valence electrons. The van der Waals surface area contributed by atoms with Crippen molar-refractivity contribution in [2.75, 3.05) is 44.3 Å². The van der Waals surface area contributed by atoms with Gasteiger partial charge < -0.3 is 9.64 Å². The molecule has 2 aromatic heterocycles. The number of nitrogens with zero attached hydrogens (tertiary/aromatic N) is 5. The predicted molar refractivity (Wildman–Crippen MR) is 96.2 cm³/mol. The Morgan fingerprint density at radius 2 is 1.92 bits per heavy atom. The van der Waals surface area contributed by atoms with E-state index < -0.39 is 0 Å². The maximum atomic E-state index is 5.99. The molecule has 2 fully saturated rings. The van der Waals surface area contributed by atoms with Gasteiger partial charge in [-0.25, -0.2) is 4.98 Å². The van der Waals surface area contributed by atoms with Crippen molar-refractivity contribution < 1.29 is 4.74 Å². The summed E-state index contributed by atoms with van der Waals surface area (Å²) < 4.78 is 5.99. The molecular formula is C19H25N5O. The Kier molecular flexibility index (Phi) is 4.90. The van der Waals surface area contributed by atoms with Crippen LogP contribution in [-0.2, 0) is 11.3 Å². The summed E-state index contributed by atoms with van der Waals surface area (Å²) in [6.07, 6.45) is 11.4. The van der Waals surface area contributed by atoms with Crippen LogP contribution >= 0.6 is 0 Å². The Morgan fingerprint density at radius 1 is 1.04 bits per heavy atom. The van der Waals surface area contributed by atoms with Gasteiger partial charge in [0.05, 0.1) is 19.4 Å². The van der Waals surface area contributed by atoms with E-state index in [1.165, 1.54) is 5.56 Å². The molecule has 0 aliphatic carbocycles. The Balaban J connectivity index is 1.41. The molecule has 2 saturated heterocycles. The normalized spacial score (nSPS) is 21.2. The second-order valence-electron chi connectivity index (χ2n) is 7.18. The van der Waals surface area contributed by atoms with Crippen molar-refractivity contribution in [3.05, 3.63) is 48.7 Å². The van der Waals surface area contributed by atoms with E-state index in [-0.39, 0.29) is 5.41 Å². The number of ether oxygens (including phenoxy) is 1. The fraction of sp³-hybridized carbons (Fsp3) is 0.526. The third-order valence-corrected chi connectivity index (χ3v) is 5.35. The molecule has 2 aliphatic rings. The highest BCUT2D eigenvalue weighted by Crippen LogP contribution is 2.35. The van der Waals surface area contributed by atoms with Crippen molar-refractivity contribution in [3.63, 3.8) is 0 Å². The van der Waals surface area contributed by atoms with Crippen molar-refractivity contribution >= 4 is 5.82 Å². The van der Waals surface area contributed by atoms with Gasteiger partial charge in [0.2, 0.25) is 0 Å². The van der Waals surface area contributed by atoms with Gasteiger partial charge in [0.15, 0.2) is 0 Å². The summed E-state index contributed by atoms with van der Waals surface area (Å²) in [5.41, 5.74) is 1.52. The van der Waals surface area contributed by atoms with Crippen LogP contribution in [0, 0.1) is 5.41 Å². The van der Waals surface area contributed by atoms with Crippen LogP contribution in [0.4, 0.5) is 5.82 Å². The predicted octanol–water partition coefficient (Wildman–Crippen LogP) is 1.99. The number of piperidine rings is 1. The lowest BCUT2D eigenvalue weighted by Crippen LogP contribution is -2.47. The Labute approximate surface area is 148 Å². The first kappa shape index (κ1) is 16.4. The topological polar surface area (TPSA) is 54.4 Å². The van der Waals surface area contributed by atoms with Crippen molar-refractivity contribution in [2.24, 2.45) is 5.41 Å². The minimum Gasteiger partial charge on any atom is -0.379 e. The first-order chi connectivity index (χ1) is 12.3.